The van der Waals surface area contributed by atoms with E-state index in [1.807, 2.05) is 37.3 Å². The first-order chi connectivity index (χ1) is 21.2. The van der Waals surface area contributed by atoms with Crippen LogP contribution in [0.2, 0.25) is 10.0 Å². The van der Waals surface area contributed by atoms with E-state index in [4.69, 9.17) is 32.7 Å². The first kappa shape index (κ1) is 35.3. The summed E-state index contributed by atoms with van der Waals surface area (Å²) in [6.45, 7) is 2.55. The van der Waals surface area contributed by atoms with Gasteiger partial charge in [0.2, 0.25) is 11.8 Å². The van der Waals surface area contributed by atoms with Crippen LogP contribution in [0.4, 0.5) is 5.69 Å². The Morgan fingerprint density at radius 1 is 0.978 bits per heavy atom. The maximum Gasteiger partial charge on any atom is 0.251 e. The number of nitrogens with one attached hydrogen (secondary N) is 2. The van der Waals surface area contributed by atoms with Gasteiger partial charge < -0.3 is 25.0 Å². The van der Waals surface area contributed by atoms with Crippen molar-refractivity contribution < 1.29 is 23.9 Å². The SMILES string of the molecule is COCCNC(=O)c1ccc(/C=C/C(=O)NCC(=O)N(C)c2ccc(Cl)c(COc3cccc4ccc(C)nc34)c2Cl)cc1.Cl. The van der Waals surface area contributed by atoms with Gasteiger partial charge in [0.1, 0.15) is 17.9 Å². The van der Waals surface area contributed by atoms with Gasteiger partial charge in [-0.15, -0.1) is 12.4 Å². The molecule has 3 amide bonds. The minimum Gasteiger partial charge on any atom is -0.487 e. The van der Waals surface area contributed by atoms with E-state index >= 15 is 0 Å². The van der Waals surface area contributed by atoms with Crippen LogP contribution in [0.3, 0.4) is 0 Å². The zero-order chi connectivity index (χ0) is 31.6. The highest BCUT2D eigenvalue weighted by molar-refractivity contribution is 6.38. The van der Waals surface area contributed by atoms with Gasteiger partial charge in [0.25, 0.3) is 5.91 Å². The lowest BCUT2D eigenvalue weighted by molar-refractivity contribution is -0.122. The predicted octanol–water partition coefficient (Wildman–Crippen LogP) is 6.02. The Balaban J connectivity index is 0.00000552. The van der Waals surface area contributed by atoms with Crippen LogP contribution < -0.4 is 20.3 Å². The van der Waals surface area contributed by atoms with Crippen LogP contribution in [0, 0.1) is 6.92 Å². The van der Waals surface area contributed by atoms with E-state index in [0.717, 1.165) is 16.6 Å². The Kier molecular flexibility index (Phi) is 13.2. The number of halogens is 3. The molecule has 0 aliphatic rings. The summed E-state index contributed by atoms with van der Waals surface area (Å²) < 4.78 is 11.0. The maximum absolute atomic E-state index is 12.9. The van der Waals surface area contributed by atoms with E-state index in [0.29, 0.717) is 46.3 Å². The first-order valence-electron chi connectivity index (χ1n) is 13.7. The van der Waals surface area contributed by atoms with Crippen molar-refractivity contribution >= 4 is 76.0 Å². The number of anilines is 1. The normalized spacial score (nSPS) is 10.8. The molecule has 0 fully saturated rings. The van der Waals surface area contributed by atoms with Gasteiger partial charge in [-0.3, -0.25) is 14.4 Å². The highest BCUT2D eigenvalue weighted by Gasteiger charge is 2.19. The van der Waals surface area contributed by atoms with Crippen molar-refractivity contribution in [3.63, 3.8) is 0 Å². The number of rotatable bonds is 12. The Bertz CT molecular complexity index is 1700. The lowest BCUT2D eigenvalue weighted by atomic mass is 10.1. The standard InChI is InChI=1S/C33H32Cl2N4O5.ClH/c1-21-7-11-23-5-4-6-28(32(23)38-21)44-20-25-26(34)14-15-27(31(25)35)39(2)30(41)19-37-29(40)16-10-22-8-12-24(13-9-22)33(42)36-17-18-43-3;/h4-16H,17-20H2,1-3H3,(H,36,42)(H,37,40);1H/b16-10+;. The number of hydrogen-bond acceptors (Lipinski definition) is 6. The van der Waals surface area contributed by atoms with E-state index in [1.54, 1.807) is 56.6 Å². The van der Waals surface area contributed by atoms with Crippen molar-refractivity contribution in [2.45, 2.75) is 13.5 Å². The number of nitrogens with zero attached hydrogens (tertiary/aromatic N) is 2. The van der Waals surface area contributed by atoms with Gasteiger partial charge in [0.15, 0.2) is 0 Å². The van der Waals surface area contributed by atoms with Gasteiger partial charge in [-0.05, 0) is 55.0 Å². The zero-order valence-corrected chi connectivity index (χ0v) is 27.3. The van der Waals surface area contributed by atoms with Gasteiger partial charge in [0, 0.05) is 54.0 Å². The second kappa shape index (κ2) is 16.8. The van der Waals surface area contributed by atoms with Crippen molar-refractivity contribution in [2.75, 3.05) is 38.8 Å². The van der Waals surface area contributed by atoms with Gasteiger partial charge in [-0.2, -0.15) is 0 Å². The molecule has 0 spiro atoms. The van der Waals surface area contributed by atoms with Crippen LogP contribution in [-0.4, -0.2) is 56.6 Å². The van der Waals surface area contributed by atoms with E-state index in [2.05, 4.69) is 15.6 Å². The smallest absolute Gasteiger partial charge is 0.251 e. The van der Waals surface area contributed by atoms with E-state index in [9.17, 15) is 14.4 Å². The number of aryl methyl sites for hydroxylation is 1. The van der Waals surface area contributed by atoms with Crippen molar-refractivity contribution in [3.05, 3.63) is 105 Å². The van der Waals surface area contributed by atoms with Crippen LogP contribution in [-0.2, 0) is 20.9 Å². The van der Waals surface area contributed by atoms with Gasteiger partial charge in [0.05, 0.1) is 23.9 Å². The summed E-state index contributed by atoms with van der Waals surface area (Å²) in [5, 5.41) is 6.92. The number of hydrogen-bond donors (Lipinski definition) is 2. The molecule has 0 aliphatic carbocycles. The number of amides is 3. The number of ether oxygens (including phenoxy) is 2. The molecule has 1 aromatic heterocycles. The van der Waals surface area contributed by atoms with Crippen LogP contribution >= 0.6 is 35.6 Å². The Morgan fingerprint density at radius 2 is 1.73 bits per heavy atom. The second-order valence-corrected chi connectivity index (χ2v) is 10.6. The number of likely N-dealkylation sites (N-methyl/N-ethyl adjacent to an activating group) is 1. The number of methoxy groups -OCH3 is 1. The van der Waals surface area contributed by atoms with Crippen LogP contribution in [0.5, 0.6) is 5.75 Å². The molecular formula is C33H33Cl3N4O5. The van der Waals surface area contributed by atoms with Crippen LogP contribution in [0.1, 0.15) is 27.2 Å². The van der Waals surface area contributed by atoms with Crippen molar-refractivity contribution in [1.29, 1.82) is 0 Å². The number of pyridine rings is 1. The Morgan fingerprint density at radius 3 is 2.47 bits per heavy atom. The minimum absolute atomic E-state index is 0. The van der Waals surface area contributed by atoms with Gasteiger partial charge in [-0.25, -0.2) is 4.98 Å². The molecule has 236 valence electrons. The molecule has 3 aromatic carbocycles. The van der Waals surface area contributed by atoms with Crippen molar-refractivity contribution in [3.8, 4) is 5.75 Å². The minimum atomic E-state index is -0.455. The highest BCUT2D eigenvalue weighted by Crippen LogP contribution is 2.35. The number of benzene rings is 3. The quantitative estimate of drug-likeness (QED) is 0.141. The monoisotopic (exact) mass is 670 g/mol. The van der Waals surface area contributed by atoms with Crippen molar-refractivity contribution in [1.82, 2.24) is 15.6 Å². The molecule has 2 N–H and O–H groups in total. The molecule has 0 unspecified atom stereocenters. The third-order valence-electron chi connectivity index (χ3n) is 6.70. The number of para-hydroxylation sites is 1. The molecule has 0 bridgehead atoms. The molecule has 9 nitrogen and oxygen atoms in total. The number of aromatic nitrogens is 1. The fourth-order valence-corrected chi connectivity index (χ4v) is 4.83. The average molecular weight is 672 g/mol. The number of carbonyl (C=O) groups is 3. The molecular weight excluding hydrogens is 639 g/mol. The largest absolute Gasteiger partial charge is 0.487 e. The summed E-state index contributed by atoms with van der Waals surface area (Å²) in [6, 6.07) is 19.6. The number of carbonyl (C=O) groups excluding carboxylic acids is 3. The van der Waals surface area contributed by atoms with E-state index < -0.39 is 5.91 Å². The van der Waals surface area contributed by atoms with Gasteiger partial charge in [-0.1, -0.05) is 53.5 Å². The summed E-state index contributed by atoms with van der Waals surface area (Å²) in [6.07, 6.45) is 2.90. The highest BCUT2D eigenvalue weighted by atomic mass is 35.5. The fraction of sp³-hybridized carbons (Fsp3) is 0.212. The predicted molar refractivity (Wildman–Crippen MR) is 181 cm³/mol. The maximum atomic E-state index is 12.9. The Labute approximate surface area is 277 Å². The molecule has 4 aromatic rings. The Hall–Kier alpha value is -4.15. The first-order valence-corrected chi connectivity index (χ1v) is 14.5. The fourth-order valence-electron chi connectivity index (χ4n) is 4.22. The summed E-state index contributed by atoms with van der Waals surface area (Å²) >= 11 is 13.2. The molecule has 0 radical (unpaired) electrons. The van der Waals surface area contributed by atoms with E-state index in [-0.39, 0.29) is 42.4 Å². The third-order valence-corrected chi connectivity index (χ3v) is 7.48. The second-order valence-electron chi connectivity index (χ2n) is 9.80. The zero-order valence-electron chi connectivity index (χ0n) is 24.9. The lowest BCUT2D eigenvalue weighted by Gasteiger charge is -2.21. The molecule has 0 saturated heterocycles. The summed E-state index contributed by atoms with van der Waals surface area (Å²) in [7, 11) is 3.13. The van der Waals surface area contributed by atoms with E-state index in [1.165, 1.54) is 11.0 Å². The molecule has 45 heavy (non-hydrogen) atoms. The molecule has 0 atom stereocenters. The van der Waals surface area contributed by atoms with Crippen molar-refractivity contribution in [2.24, 2.45) is 0 Å². The molecule has 0 aliphatic heterocycles. The summed E-state index contributed by atoms with van der Waals surface area (Å²) in [4.78, 5) is 43.4. The van der Waals surface area contributed by atoms with Crippen LogP contribution in [0.25, 0.3) is 17.0 Å². The topological polar surface area (TPSA) is 110 Å². The molecule has 0 saturated carbocycles. The number of fused-ring (bicyclic) bond motifs is 1. The lowest BCUT2D eigenvalue weighted by Crippen LogP contribution is -2.37. The summed E-state index contributed by atoms with van der Waals surface area (Å²) in [5.41, 5.74) is 3.74. The molecule has 4 rings (SSSR count). The average Bonchev–Trinajstić information content (AvgIpc) is 3.02. The third kappa shape index (κ3) is 9.42. The van der Waals surface area contributed by atoms with Crippen LogP contribution in [0.15, 0.2) is 72.8 Å². The molecule has 1 heterocycles. The summed E-state index contributed by atoms with van der Waals surface area (Å²) in [5.74, 6) is -0.470. The molecule has 12 heteroatoms. The van der Waals surface area contributed by atoms with Gasteiger partial charge >= 0.3 is 0 Å².